The highest BCUT2D eigenvalue weighted by molar-refractivity contribution is 14.0. The Morgan fingerprint density at radius 3 is 2.75 bits per heavy atom. The Labute approximate surface area is 191 Å². The molecular formula is C21H37IN4OS. The van der Waals surface area contributed by atoms with E-state index in [0.717, 1.165) is 44.7 Å². The van der Waals surface area contributed by atoms with E-state index < -0.39 is 0 Å². The molecule has 1 aromatic rings. The zero-order valence-corrected chi connectivity index (χ0v) is 20.7. The van der Waals surface area contributed by atoms with Crippen molar-refractivity contribution in [2.75, 3.05) is 53.0 Å². The lowest BCUT2D eigenvalue weighted by Gasteiger charge is -2.36. The molecule has 5 nitrogen and oxygen atoms in total. The van der Waals surface area contributed by atoms with Crippen LogP contribution in [-0.2, 0) is 4.74 Å². The number of rotatable bonds is 7. The highest BCUT2D eigenvalue weighted by atomic mass is 127. The quantitative estimate of drug-likeness (QED) is 0.334. The van der Waals surface area contributed by atoms with Crippen molar-refractivity contribution in [3.8, 4) is 0 Å². The van der Waals surface area contributed by atoms with Crippen molar-refractivity contribution >= 4 is 41.3 Å². The van der Waals surface area contributed by atoms with Crippen molar-refractivity contribution in [2.24, 2.45) is 16.8 Å². The van der Waals surface area contributed by atoms with E-state index in [1.807, 2.05) is 11.3 Å². The third-order valence-electron chi connectivity index (χ3n) is 5.87. The standard InChI is InChI=1S/C21H36N4OS.HI/c1-4-22-21(25-12-9-18(15-25)16-26-3)23-14-19(20-6-5-13-27-20)24-10-7-17(2)8-11-24;/h5-6,13,17-19H,4,7-12,14-16H2,1-3H3,(H,22,23);1H. The molecule has 160 valence electrons. The van der Waals surface area contributed by atoms with Crippen LogP contribution in [0.3, 0.4) is 0 Å². The van der Waals surface area contributed by atoms with Crippen molar-refractivity contribution in [3.63, 3.8) is 0 Å². The Morgan fingerprint density at radius 1 is 1.32 bits per heavy atom. The Bertz CT molecular complexity index is 575. The monoisotopic (exact) mass is 520 g/mol. The maximum absolute atomic E-state index is 5.36. The summed E-state index contributed by atoms with van der Waals surface area (Å²) in [5.41, 5.74) is 0. The van der Waals surface area contributed by atoms with E-state index >= 15 is 0 Å². The van der Waals surface area contributed by atoms with Gasteiger partial charge in [-0.15, -0.1) is 35.3 Å². The van der Waals surface area contributed by atoms with E-state index in [2.05, 4.69) is 46.5 Å². The number of hydrogen-bond donors (Lipinski definition) is 1. The summed E-state index contributed by atoms with van der Waals surface area (Å²) in [7, 11) is 1.80. The average Bonchev–Trinajstić information content (AvgIpc) is 3.35. The fourth-order valence-electron chi connectivity index (χ4n) is 4.20. The van der Waals surface area contributed by atoms with E-state index in [0.29, 0.717) is 12.0 Å². The Hall–Kier alpha value is -0.380. The molecule has 0 amide bonds. The molecule has 2 aliphatic heterocycles. The zero-order chi connectivity index (χ0) is 19.1. The predicted octanol–water partition coefficient (Wildman–Crippen LogP) is 4.07. The van der Waals surface area contributed by atoms with Crippen molar-refractivity contribution < 1.29 is 4.74 Å². The minimum atomic E-state index is 0. The maximum atomic E-state index is 5.36. The Morgan fingerprint density at radius 2 is 2.11 bits per heavy atom. The van der Waals surface area contributed by atoms with E-state index in [-0.39, 0.29) is 24.0 Å². The summed E-state index contributed by atoms with van der Waals surface area (Å²) in [4.78, 5) is 11.6. The van der Waals surface area contributed by atoms with Gasteiger partial charge in [0.05, 0.1) is 19.2 Å². The second-order valence-corrected chi connectivity index (χ2v) is 8.98. The van der Waals surface area contributed by atoms with Crippen LogP contribution < -0.4 is 5.32 Å². The highest BCUT2D eigenvalue weighted by Gasteiger charge is 2.27. The van der Waals surface area contributed by atoms with Crippen LogP contribution in [0.1, 0.15) is 44.0 Å². The molecule has 3 heterocycles. The Kier molecular flexibility index (Phi) is 10.5. The van der Waals surface area contributed by atoms with E-state index in [9.17, 15) is 0 Å². The minimum Gasteiger partial charge on any atom is -0.384 e. The van der Waals surface area contributed by atoms with Crippen molar-refractivity contribution in [2.45, 2.75) is 39.2 Å². The molecule has 0 aromatic carbocycles. The van der Waals surface area contributed by atoms with Gasteiger partial charge in [0.1, 0.15) is 0 Å². The fraction of sp³-hybridized carbons (Fsp3) is 0.762. The number of nitrogens with one attached hydrogen (secondary N) is 1. The number of methoxy groups -OCH3 is 1. The molecule has 1 N–H and O–H groups in total. The molecule has 28 heavy (non-hydrogen) atoms. The third-order valence-corrected chi connectivity index (χ3v) is 6.84. The first kappa shape index (κ1) is 23.9. The first-order chi connectivity index (χ1) is 13.2. The summed E-state index contributed by atoms with van der Waals surface area (Å²) in [5, 5.41) is 5.71. The lowest BCUT2D eigenvalue weighted by Crippen LogP contribution is -2.42. The Balaban J connectivity index is 0.00000280. The van der Waals surface area contributed by atoms with Crippen molar-refractivity contribution in [1.82, 2.24) is 15.1 Å². The smallest absolute Gasteiger partial charge is 0.193 e. The molecule has 2 atom stereocenters. The minimum absolute atomic E-state index is 0. The van der Waals surface area contributed by atoms with Gasteiger partial charge in [-0.25, -0.2) is 0 Å². The van der Waals surface area contributed by atoms with Gasteiger partial charge in [-0.1, -0.05) is 13.0 Å². The number of halogens is 1. The van der Waals surface area contributed by atoms with Gasteiger partial charge < -0.3 is 15.0 Å². The molecule has 2 aliphatic rings. The summed E-state index contributed by atoms with van der Waals surface area (Å²) in [6.45, 7) is 11.6. The van der Waals surface area contributed by atoms with Gasteiger partial charge >= 0.3 is 0 Å². The van der Waals surface area contributed by atoms with Crippen LogP contribution in [0.5, 0.6) is 0 Å². The molecule has 0 bridgehead atoms. The first-order valence-corrected chi connectivity index (χ1v) is 11.4. The molecular weight excluding hydrogens is 483 g/mol. The SMILES string of the molecule is CCNC(=NCC(c1cccs1)N1CCC(C)CC1)N1CCC(COC)C1.I. The summed E-state index contributed by atoms with van der Waals surface area (Å²) >= 11 is 1.87. The molecule has 3 rings (SSSR count). The lowest BCUT2D eigenvalue weighted by molar-refractivity contribution is 0.143. The molecule has 0 spiro atoms. The molecule has 1 aromatic heterocycles. The van der Waals surface area contributed by atoms with E-state index in [4.69, 9.17) is 9.73 Å². The summed E-state index contributed by atoms with van der Waals surface area (Å²) in [5.74, 6) is 2.55. The summed E-state index contributed by atoms with van der Waals surface area (Å²) in [6.07, 6.45) is 3.80. The molecule has 2 unspecified atom stereocenters. The number of guanidine groups is 1. The second kappa shape index (κ2) is 12.3. The number of ether oxygens (including phenoxy) is 1. The average molecular weight is 521 g/mol. The number of aliphatic imine (C=N–C) groups is 1. The predicted molar refractivity (Wildman–Crippen MR) is 130 cm³/mol. The third kappa shape index (κ3) is 6.57. The number of likely N-dealkylation sites (tertiary alicyclic amines) is 2. The molecule has 2 saturated heterocycles. The van der Waals surface area contributed by atoms with Gasteiger partial charge in [0.2, 0.25) is 0 Å². The van der Waals surface area contributed by atoms with Crippen LogP contribution in [0, 0.1) is 11.8 Å². The van der Waals surface area contributed by atoms with Crippen LogP contribution in [0.15, 0.2) is 22.5 Å². The topological polar surface area (TPSA) is 40.1 Å². The normalized spacial score (nSPS) is 22.9. The number of hydrogen-bond acceptors (Lipinski definition) is 4. The van der Waals surface area contributed by atoms with Gasteiger partial charge in [-0.3, -0.25) is 9.89 Å². The van der Waals surface area contributed by atoms with E-state index in [1.54, 1.807) is 7.11 Å². The summed E-state index contributed by atoms with van der Waals surface area (Å²) < 4.78 is 5.36. The molecule has 0 radical (unpaired) electrons. The largest absolute Gasteiger partial charge is 0.384 e. The van der Waals surface area contributed by atoms with Crippen LogP contribution in [0.4, 0.5) is 0 Å². The van der Waals surface area contributed by atoms with Crippen LogP contribution >= 0.6 is 35.3 Å². The lowest BCUT2D eigenvalue weighted by atomic mass is 9.97. The van der Waals surface area contributed by atoms with Gasteiger partial charge in [-0.05, 0) is 56.6 Å². The molecule has 0 aliphatic carbocycles. The number of thiophene rings is 1. The number of piperidine rings is 1. The van der Waals surface area contributed by atoms with Crippen molar-refractivity contribution in [1.29, 1.82) is 0 Å². The van der Waals surface area contributed by atoms with Gasteiger partial charge in [-0.2, -0.15) is 0 Å². The molecule has 7 heteroatoms. The zero-order valence-electron chi connectivity index (χ0n) is 17.6. The van der Waals surface area contributed by atoms with Gasteiger partial charge in [0.15, 0.2) is 5.96 Å². The number of nitrogens with zero attached hydrogens (tertiary/aromatic N) is 3. The first-order valence-electron chi connectivity index (χ1n) is 10.5. The van der Waals surface area contributed by atoms with Crippen LogP contribution in [-0.4, -0.2) is 68.7 Å². The maximum Gasteiger partial charge on any atom is 0.193 e. The highest BCUT2D eigenvalue weighted by Crippen LogP contribution is 2.30. The van der Waals surface area contributed by atoms with Gasteiger partial charge in [0, 0.05) is 37.5 Å². The molecule has 2 fully saturated rings. The molecule has 0 saturated carbocycles. The second-order valence-electron chi connectivity index (χ2n) is 8.00. The van der Waals surface area contributed by atoms with E-state index in [1.165, 1.54) is 37.2 Å². The summed E-state index contributed by atoms with van der Waals surface area (Å²) in [6, 6.07) is 4.86. The fourth-order valence-corrected chi connectivity index (χ4v) is 5.05. The van der Waals surface area contributed by atoms with Crippen LogP contribution in [0.2, 0.25) is 0 Å². The van der Waals surface area contributed by atoms with Gasteiger partial charge in [0.25, 0.3) is 0 Å². The van der Waals surface area contributed by atoms with Crippen molar-refractivity contribution in [3.05, 3.63) is 22.4 Å². The van der Waals surface area contributed by atoms with Crippen LogP contribution in [0.25, 0.3) is 0 Å².